The van der Waals surface area contributed by atoms with Gasteiger partial charge in [-0.25, -0.2) is 9.07 Å². The number of benzene rings is 2. The second-order valence-electron chi connectivity index (χ2n) is 5.99. The molecule has 132 valence electrons. The number of carbonyl (C=O) groups excluding carboxylic acids is 1. The molecule has 0 saturated heterocycles. The minimum atomic E-state index is -0.400. The Bertz CT molecular complexity index is 967. The molecule has 2 aromatic carbocycles. The van der Waals surface area contributed by atoms with E-state index in [4.69, 9.17) is 0 Å². The van der Waals surface area contributed by atoms with Crippen LogP contribution < -0.4 is 10.9 Å². The SMILES string of the molecule is Cc1cc(Cc2ccccc2)c(=O)n(CC(=O)Nc2ccc(F)cc2)n1. The van der Waals surface area contributed by atoms with E-state index in [0.29, 0.717) is 23.4 Å². The zero-order chi connectivity index (χ0) is 18.5. The Morgan fingerprint density at radius 3 is 2.50 bits per heavy atom. The lowest BCUT2D eigenvalue weighted by atomic mass is 10.1. The summed E-state index contributed by atoms with van der Waals surface area (Å²) in [5, 5.41) is 6.78. The number of amides is 1. The summed E-state index contributed by atoms with van der Waals surface area (Å²) in [4.78, 5) is 24.8. The Hall–Kier alpha value is -3.28. The standard InChI is InChI=1S/C20H18FN3O2/c1-14-11-16(12-15-5-3-2-4-6-15)20(26)24(23-14)13-19(25)22-18-9-7-17(21)8-10-18/h2-11H,12-13H2,1H3,(H,22,25). The van der Waals surface area contributed by atoms with E-state index in [1.54, 1.807) is 13.0 Å². The first-order valence-corrected chi connectivity index (χ1v) is 8.18. The summed E-state index contributed by atoms with van der Waals surface area (Å²) in [6.45, 7) is 1.57. The van der Waals surface area contributed by atoms with Crippen molar-refractivity contribution in [1.29, 1.82) is 0 Å². The Labute approximate surface area is 150 Å². The third kappa shape index (κ3) is 4.42. The number of aromatic nitrogens is 2. The molecule has 3 aromatic rings. The topological polar surface area (TPSA) is 64.0 Å². The molecule has 0 atom stereocenters. The van der Waals surface area contributed by atoms with Gasteiger partial charge in [0.1, 0.15) is 12.4 Å². The van der Waals surface area contributed by atoms with Crippen molar-refractivity contribution in [2.24, 2.45) is 0 Å². The molecule has 1 N–H and O–H groups in total. The first kappa shape index (κ1) is 17.5. The summed E-state index contributed by atoms with van der Waals surface area (Å²) < 4.78 is 14.1. The fourth-order valence-corrected chi connectivity index (χ4v) is 2.66. The van der Waals surface area contributed by atoms with Crippen LogP contribution in [0, 0.1) is 12.7 Å². The van der Waals surface area contributed by atoms with Crippen molar-refractivity contribution in [2.75, 3.05) is 5.32 Å². The number of anilines is 1. The molecule has 0 spiro atoms. The van der Waals surface area contributed by atoms with Gasteiger partial charge in [0.25, 0.3) is 5.56 Å². The van der Waals surface area contributed by atoms with Crippen molar-refractivity contribution in [3.8, 4) is 0 Å². The number of halogens is 1. The van der Waals surface area contributed by atoms with Crippen LogP contribution >= 0.6 is 0 Å². The van der Waals surface area contributed by atoms with Crippen LogP contribution in [0.3, 0.4) is 0 Å². The van der Waals surface area contributed by atoms with Gasteiger partial charge in [0, 0.05) is 17.7 Å². The molecule has 1 heterocycles. The van der Waals surface area contributed by atoms with Crippen LogP contribution in [0.25, 0.3) is 0 Å². The molecule has 0 aliphatic rings. The predicted octanol–water partition coefficient (Wildman–Crippen LogP) is 2.92. The van der Waals surface area contributed by atoms with Gasteiger partial charge in [-0.2, -0.15) is 5.10 Å². The smallest absolute Gasteiger partial charge is 0.270 e. The van der Waals surface area contributed by atoms with E-state index >= 15 is 0 Å². The van der Waals surface area contributed by atoms with E-state index in [9.17, 15) is 14.0 Å². The van der Waals surface area contributed by atoms with Gasteiger partial charge < -0.3 is 5.32 Å². The van der Waals surface area contributed by atoms with Gasteiger partial charge in [0.15, 0.2) is 0 Å². The van der Waals surface area contributed by atoms with E-state index in [1.165, 1.54) is 24.3 Å². The maximum Gasteiger partial charge on any atom is 0.270 e. The molecule has 0 aliphatic heterocycles. The van der Waals surface area contributed by atoms with Crippen LogP contribution in [0.1, 0.15) is 16.8 Å². The second-order valence-corrected chi connectivity index (χ2v) is 5.99. The Morgan fingerprint density at radius 2 is 1.81 bits per heavy atom. The number of nitrogens with one attached hydrogen (secondary N) is 1. The van der Waals surface area contributed by atoms with Gasteiger partial charge in [-0.15, -0.1) is 0 Å². The number of rotatable bonds is 5. The third-order valence-corrected chi connectivity index (χ3v) is 3.83. The van der Waals surface area contributed by atoms with Crippen molar-refractivity contribution >= 4 is 11.6 Å². The fraction of sp³-hybridized carbons (Fsp3) is 0.150. The summed E-state index contributed by atoms with van der Waals surface area (Å²) in [5.74, 6) is -0.785. The van der Waals surface area contributed by atoms with E-state index in [2.05, 4.69) is 10.4 Å². The van der Waals surface area contributed by atoms with Gasteiger partial charge in [0.2, 0.25) is 5.91 Å². The fourth-order valence-electron chi connectivity index (χ4n) is 2.66. The molecule has 0 radical (unpaired) electrons. The highest BCUT2D eigenvalue weighted by Crippen LogP contribution is 2.09. The van der Waals surface area contributed by atoms with Crippen molar-refractivity contribution in [3.63, 3.8) is 0 Å². The molecule has 0 bridgehead atoms. The van der Waals surface area contributed by atoms with Crippen LogP contribution in [-0.2, 0) is 17.8 Å². The summed E-state index contributed by atoms with van der Waals surface area (Å²) >= 11 is 0. The van der Waals surface area contributed by atoms with Crippen LogP contribution in [-0.4, -0.2) is 15.7 Å². The lowest BCUT2D eigenvalue weighted by molar-refractivity contribution is -0.117. The number of aryl methyl sites for hydroxylation is 1. The van der Waals surface area contributed by atoms with E-state index < -0.39 is 5.91 Å². The molecule has 5 nitrogen and oxygen atoms in total. The minimum Gasteiger partial charge on any atom is -0.324 e. The zero-order valence-corrected chi connectivity index (χ0v) is 14.3. The van der Waals surface area contributed by atoms with Crippen LogP contribution in [0.2, 0.25) is 0 Å². The number of hydrogen-bond acceptors (Lipinski definition) is 3. The van der Waals surface area contributed by atoms with Crippen LogP contribution in [0.4, 0.5) is 10.1 Å². The van der Waals surface area contributed by atoms with E-state index in [0.717, 1.165) is 10.2 Å². The molecule has 0 unspecified atom stereocenters. The molecular formula is C20H18FN3O2. The van der Waals surface area contributed by atoms with Gasteiger partial charge >= 0.3 is 0 Å². The maximum absolute atomic E-state index is 12.9. The quantitative estimate of drug-likeness (QED) is 0.769. The van der Waals surface area contributed by atoms with Gasteiger partial charge in [-0.05, 0) is 42.8 Å². The Kier molecular flexibility index (Phi) is 5.22. The van der Waals surface area contributed by atoms with Gasteiger partial charge in [-0.3, -0.25) is 9.59 Å². The highest BCUT2D eigenvalue weighted by molar-refractivity contribution is 5.90. The molecule has 0 aliphatic carbocycles. The largest absolute Gasteiger partial charge is 0.324 e. The molecule has 1 amide bonds. The lowest BCUT2D eigenvalue weighted by Gasteiger charge is -2.10. The molecule has 0 saturated carbocycles. The monoisotopic (exact) mass is 351 g/mol. The third-order valence-electron chi connectivity index (χ3n) is 3.83. The zero-order valence-electron chi connectivity index (χ0n) is 14.3. The Morgan fingerprint density at radius 1 is 1.12 bits per heavy atom. The summed E-state index contributed by atoms with van der Waals surface area (Å²) in [6.07, 6.45) is 0.475. The molecule has 26 heavy (non-hydrogen) atoms. The molecule has 0 fully saturated rings. The number of hydrogen-bond donors (Lipinski definition) is 1. The lowest BCUT2D eigenvalue weighted by Crippen LogP contribution is -2.32. The van der Waals surface area contributed by atoms with Crippen molar-refractivity contribution in [2.45, 2.75) is 19.9 Å². The minimum absolute atomic E-state index is 0.209. The maximum atomic E-state index is 12.9. The van der Waals surface area contributed by atoms with Crippen molar-refractivity contribution in [1.82, 2.24) is 9.78 Å². The highest BCUT2D eigenvalue weighted by Gasteiger charge is 2.11. The average Bonchev–Trinajstić information content (AvgIpc) is 2.62. The number of nitrogens with zero attached hydrogens (tertiary/aromatic N) is 2. The predicted molar refractivity (Wildman–Crippen MR) is 97.5 cm³/mol. The summed E-state index contributed by atoms with van der Waals surface area (Å²) in [6, 6.07) is 16.8. The van der Waals surface area contributed by atoms with Crippen molar-refractivity contribution in [3.05, 3.63) is 93.7 Å². The summed E-state index contributed by atoms with van der Waals surface area (Å²) in [5.41, 5.74) is 2.41. The first-order chi connectivity index (χ1) is 12.5. The van der Waals surface area contributed by atoms with Gasteiger partial charge in [0.05, 0.1) is 5.69 Å². The van der Waals surface area contributed by atoms with Crippen LogP contribution in [0.5, 0.6) is 0 Å². The Balaban J connectivity index is 1.78. The molecule has 3 rings (SSSR count). The first-order valence-electron chi connectivity index (χ1n) is 8.18. The van der Waals surface area contributed by atoms with E-state index in [1.807, 2.05) is 30.3 Å². The second kappa shape index (κ2) is 7.74. The molecule has 1 aromatic heterocycles. The number of carbonyl (C=O) groups is 1. The van der Waals surface area contributed by atoms with E-state index in [-0.39, 0.29) is 17.9 Å². The van der Waals surface area contributed by atoms with Gasteiger partial charge in [-0.1, -0.05) is 30.3 Å². The normalized spacial score (nSPS) is 10.5. The van der Waals surface area contributed by atoms with Crippen molar-refractivity contribution < 1.29 is 9.18 Å². The average molecular weight is 351 g/mol. The molecule has 6 heteroatoms. The highest BCUT2D eigenvalue weighted by atomic mass is 19.1. The molecular weight excluding hydrogens is 333 g/mol. The van der Waals surface area contributed by atoms with Crippen LogP contribution in [0.15, 0.2) is 65.5 Å². The summed E-state index contributed by atoms with van der Waals surface area (Å²) in [7, 11) is 0.